The second-order valence-electron chi connectivity index (χ2n) is 8.28. The highest BCUT2D eigenvalue weighted by molar-refractivity contribution is 5.79. The number of benzene rings is 1. The fourth-order valence-corrected chi connectivity index (χ4v) is 3.04. The van der Waals surface area contributed by atoms with E-state index in [1.54, 1.807) is 0 Å². The lowest BCUT2D eigenvalue weighted by Crippen LogP contribution is -2.52. The van der Waals surface area contributed by atoms with E-state index < -0.39 is 5.60 Å². The highest BCUT2D eigenvalue weighted by atomic mass is 16.5. The molecular formula is C22H38N4O3. The molecule has 0 spiro atoms. The smallest absolute Gasteiger partial charge is 0.191 e. The Morgan fingerprint density at radius 3 is 2.55 bits per heavy atom. The molecule has 0 saturated carbocycles. The maximum atomic E-state index is 10.7. The largest absolute Gasteiger partial charge is 0.493 e. The van der Waals surface area contributed by atoms with Crippen LogP contribution in [0, 0.1) is 5.92 Å². The van der Waals surface area contributed by atoms with Gasteiger partial charge < -0.3 is 25.2 Å². The van der Waals surface area contributed by atoms with E-state index in [-0.39, 0.29) is 0 Å². The van der Waals surface area contributed by atoms with Gasteiger partial charge in [0.15, 0.2) is 5.96 Å². The predicted octanol–water partition coefficient (Wildman–Crippen LogP) is 1.86. The molecule has 1 saturated heterocycles. The number of guanidine groups is 1. The first-order chi connectivity index (χ1) is 13.9. The molecule has 0 amide bonds. The van der Waals surface area contributed by atoms with Crippen LogP contribution in [0.1, 0.15) is 33.3 Å². The number of nitrogens with one attached hydrogen (secondary N) is 2. The summed E-state index contributed by atoms with van der Waals surface area (Å²) in [4.78, 5) is 6.88. The Balaban J connectivity index is 1.84. The summed E-state index contributed by atoms with van der Waals surface area (Å²) >= 11 is 0. The van der Waals surface area contributed by atoms with Gasteiger partial charge in [-0.1, -0.05) is 26.0 Å². The normalized spacial score (nSPS) is 17.8. The third-order valence-electron chi connectivity index (χ3n) is 4.58. The molecule has 1 aromatic carbocycles. The molecule has 1 unspecified atom stereocenters. The highest BCUT2D eigenvalue weighted by Crippen LogP contribution is 2.14. The van der Waals surface area contributed by atoms with Gasteiger partial charge in [-0.05, 0) is 37.5 Å². The van der Waals surface area contributed by atoms with Gasteiger partial charge in [-0.15, -0.1) is 0 Å². The molecule has 7 heteroatoms. The molecule has 0 bridgehead atoms. The Morgan fingerprint density at radius 2 is 1.93 bits per heavy atom. The number of aliphatic hydroxyl groups is 1. The summed E-state index contributed by atoms with van der Waals surface area (Å²) < 4.78 is 11.1. The van der Waals surface area contributed by atoms with Gasteiger partial charge in [-0.2, -0.15) is 0 Å². The van der Waals surface area contributed by atoms with Gasteiger partial charge in [-0.25, -0.2) is 4.99 Å². The Kier molecular flexibility index (Phi) is 9.70. The van der Waals surface area contributed by atoms with Crippen molar-refractivity contribution in [3.8, 4) is 5.75 Å². The number of morpholine rings is 1. The standard InChI is InChI=1S/C22H38N4O3/c1-5-23-21(25-16-22(4,27)17-26-10-12-28-13-11-26)24-14-19-6-8-20(9-7-19)29-15-18(2)3/h6-9,18,27H,5,10-17H2,1-4H3,(H2,23,24,25). The molecule has 3 N–H and O–H groups in total. The van der Waals surface area contributed by atoms with Crippen LogP contribution in [0.15, 0.2) is 29.3 Å². The summed E-state index contributed by atoms with van der Waals surface area (Å²) in [5.41, 5.74) is 0.266. The van der Waals surface area contributed by atoms with Crippen LogP contribution in [0.2, 0.25) is 0 Å². The molecule has 1 aliphatic heterocycles. The van der Waals surface area contributed by atoms with Crippen LogP contribution in [0.3, 0.4) is 0 Å². The molecule has 1 aliphatic rings. The van der Waals surface area contributed by atoms with Gasteiger partial charge in [0, 0.05) is 32.7 Å². The fraction of sp³-hybridized carbons (Fsp3) is 0.682. The molecular weight excluding hydrogens is 368 g/mol. The van der Waals surface area contributed by atoms with Gasteiger partial charge in [-0.3, -0.25) is 4.90 Å². The third kappa shape index (κ3) is 9.47. The number of β-amino-alcohol motifs (C(OH)–C–C–N with tert-alkyl or cyclic N) is 1. The van der Waals surface area contributed by atoms with Crippen LogP contribution in [-0.4, -0.2) is 74.1 Å². The SMILES string of the molecule is CCNC(=NCc1ccc(OCC(C)C)cc1)NCC(C)(O)CN1CCOCC1. The van der Waals surface area contributed by atoms with E-state index in [1.807, 2.05) is 38.1 Å². The summed E-state index contributed by atoms with van der Waals surface area (Å²) in [6, 6.07) is 8.05. The first kappa shape index (κ1) is 23.4. The van der Waals surface area contributed by atoms with E-state index >= 15 is 0 Å². The van der Waals surface area contributed by atoms with E-state index in [2.05, 4.69) is 34.4 Å². The van der Waals surface area contributed by atoms with Crippen molar-refractivity contribution >= 4 is 5.96 Å². The number of aliphatic imine (C=N–C) groups is 1. The topological polar surface area (TPSA) is 78.4 Å². The molecule has 1 fully saturated rings. The maximum Gasteiger partial charge on any atom is 0.191 e. The Morgan fingerprint density at radius 1 is 1.24 bits per heavy atom. The van der Waals surface area contributed by atoms with Crippen molar-refractivity contribution in [3.63, 3.8) is 0 Å². The molecule has 2 rings (SSSR count). The Labute approximate surface area is 175 Å². The fourth-order valence-electron chi connectivity index (χ4n) is 3.04. The highest BCUT2D eigenvalue weighted by Gasteiger charge is 2.25. The number of rotatable bonds is 10. The monoisotopic (exact) mass is 406 g/mol. The molecule has 164 valence electrons. The summed E-state index contributed by atoms with van der Waals surface area (Å²) in [5.74, 6) is 2.10. The van der Waals surface area contributed by atoms with Crippen molar-refractivity contribution in [1.82, 2.24) is 15.5 Å². The molecule has 1 heterocycles. The van der Waals surface area contributed by atoms with Gasteiger partial charge in [0.2, 0.25) is 0 Å². The maximum absolute atomic E-state index is 10.7. The lowest BCUT2D eigenvalue weighted by atomic mass is 10.1. The molecule has 7 nitrogen and oxygen atoms in total. The van der Waals surface area contributed by atoms with E-state index in [9.17, 15) is 5.11 Å². The van der Waals surface area contributed by atoms with Crippen molar-refractivity contribution in [2.45, 2.75) is 39.8 Å². The molecule has 1 atom stereocenters. The average Bonchev–Trinajstić information content (AvgIpc) is 2.70. The van der Waals surface area contributed by atoms with E-state index in [4.69, 9.17) is 9.47 Å². The van der Waals surface area contributed by atoms with Crippen molar-refractivity contribution in [2.75, 3.05) is 52.5 Å². The van der Waals surface area contributed by atoms with Crippen molar-refractivity contribution in [3.05, 3.63) is 29.8 Å². The number of hydrogen-bond donors (Lipinski definition) is 3. The predicted molar refractivity (Wildman–Crippen MR) is 117 cm³/mol. The summed E-state index contributed by atoms with van der Waals surface area (Å²) in [6.45, 7) is 14.4. The van der Waals surface area contributed by atoms with Gasteiger partial charge >= 0.3 is 0 Å². The molecule has 1 aromatic rings. The zero-order valence-corrected chi connectivity index (χ0v) is 18.4. The molecule has 29 heavy (non-hydrogen) atoms. The van der Waals surface area contributed by atoms with Crippen LogP contribution in [0.25, 0.3) is 0 Å². The van der Waals surface area contributed by atoms with Crippen LogP contribution in [0.5, 0.6) is 5.75 Å². The number of ether oxygens (including phenoxy) is 2. The second-order valence-corrected chi connectivity index (χ2v) is 8.28. The Hall–Kier alpha value is -1.83. The summed E-state index contributed by atoms with van der Waals surface area (Å²) in [5, 5.41) is 17.3. The second kappa shape index (κ2) is 12.0. The zero-order chi connectivity index (χ0) is 21.1. The Bertz CT molecular complexity index is 611. The van der Waals surface area contributed by atoms with Crippen LogP contribution in [-0.2, 0) is 11.3 Å². The number of nitrogens with zero attached hydrogens (tertiary/aromatic N) is 2. The van der Waals surface area contributed by atoms with Gasteiger partial charge in [0.25, 0.3) is 0 Å². The zero-order valence-electron chi connectivity index (χ0n) is 18.4. The lowest BCUT2D eigenvalue weighted by Gasteiger charge is -2.34. The summed E-state index contributed by atoms with van der Waals surface area (Å²) in [7, 11) is 0. The quantitative estimate of drug-likeness (QED) is 0.407. The van der Waals surface area contributed by atoms with Gasteiger partial charge in [0.05, 0.1) is 32.0 Å². The molecule has 0 radical (unpaired) electrons. The lowest BCUT2D eigenvalue weighted by molar-refractivity contribution is -0.0201. The minimum absolute atomic E-state index is 0.429. The minimum Gasteiger partial charge on any atom is -0.493 e. The number of hydrogen-bond acceptors (Lipinski definition) is 5. The first-order valence-corrected chi connectivity index (χ1v) is 10.6. The van der Waals surface area contributed by atoms with Crippen molar-refractivity contribution in [2.24, 2.45) is 10.9 Å². The van der Waals surface area contributed by atoms with E-state index in [0.29, 0.717) is 31.5 Å². The van der Waals surface area contributed by atoms with Crippen LogP contribution < -0.4 is 15.4 Å². The molecule has 0 aliphatic carbocycles. The average molecular weight is 407 g/mol. The van der Waals surface area contributed by atoms with Gasteiger partial charge in [0.1, 0.15) is 5.75 Å². The summed E-state index contributed by atoms with van der Waals surface area (Å²) in [6.07, 6.45) is 0. The molecule has 0 aromatic heterocycles. The van der Waals surface area contributed by atoms with Crippen molar-refractivity contribution in [1.29, 1.82) is 0 Å². The van der Waals surface area contributed by atoms with E-state index in [1.165, 1.54) is 0 Å². The van der Waals surface area contributed by atoms with Crippen molar-refractivity contribution < 1.29 is 14.6 Å². The van der Waals surface area contributed by atoms with E-state index in [0.717, 1.165) is 50.8 Å². The third-order valence-corrected chi connectivity index (χ3v) is 4.58. The minimum atomic E-state index is -0.844. The first-order valence-electron chi connectivity index (χ1n) is 10.6. The van der Waals surface area contributed by atoms with Crippen LogP contribution >= 0.6 is 0 Å². The van der Waals surface area contributed by atoms with Crippen LogP contribution in [0.4, 0.5) is 0 Å².